The van der Waals surface area contributed by atoms with E-state index in [1.54, 1.807) is 0 Å². The van der Waals surface area contributed by atoms with E-state index in [4.69, 9.17) is 4.74 Å². The van der Waals surface area contributed by atoms with Crippen molar-refractivity contribution in [2.45, 2.75) is 39.7 Å². The maximum Gasteiger partial charge on any atom is 0.261 e. The van der Waals surface area contributed by atoms with Crippen LogP contribution in [0.1, 0.15) is 30.0 Å². The Labute approximate surface area is 138 Å². The predicted molar refractivity (Wildman–Crippen MR) is 93.8 cm³/mol. The molecule has 0 aliphatic rings. The van der Waals surface area contributed by atoms with Crippen molar-refractivity contribution in [2.75, 3.05) is 6.54 Å². The standard InChI is InChI=1S/C20H25NO2/c1-4-18(23-19-11-10-15(2)14-16(19)3)20(22)21-13-12-17-8-6-5-7-9-17/h5-11,14,18H,4,12-13H2,1-3H3,(H,21,22)/t18-/m1/s1. The second-order valence-electron chi connectivity index (χ2n) is 5.81. The molecule has 1 amide bonds. The zero-order valence-corrected chi connectivity index (χ0v) is 14.1. The van der Waals surface area contributed by atoms with Gasteiger partial charge in [-0.05, 0) is 43.9 Å². The van der Waals surface area contributed by atoms with E-state index in [-0.39, 0.29) is 5.91 Å². The summed E-state index contributed by atoms with van der Waals surface area (Å²) in [6, 6.07) is 16.1. The van der Waals surface area contributed by atoms with Gasteiger partial charge in [-0.15, -0.1) is 0 Å². The van der Waals surface area contributed by atoms with E-state index >= 15 is 0 Å². The minimum atomic E-state index is -0.452. The Morgan fingerprint density at radius 2 is 1.87 bits per heavy atom. The summed E-state index contributed by atoms with van der Waals surface area (Å²) in [4.78, 5) is 12.3. The van der Waals surface area contributed by atoms with Gasteiger partial charge in [-0.2, -0.15) is 0 Å². The number of rotatable bonds is 7. The van der Waals surface area contributed by atoms with Crippen molar-refractivity contribution in [1.82, 2.24) is 5.32 Å². The first-order valence-electron chi connectivity index (χ1n) is 8.15. The molecule has 2 rings (SSSR count). The highest BCUT2D eigenvalue weighted by atomic mass is 16.5. The summed E-state index contributed by atoms with van der Waals surface area (Å²) in [5, 5.41) is 2.97. The van der Waals surface area contributed by atoms with Gasteiger partial charge in [0.25, 0.3) is 5.91 Å². The van der Waals surface area contributed by atoms with E-state index in [1.165, 1.54) is 11.1 Å². The summed E-state index contributed by atoms with van der Waals surface area (Å²) in [6.45, 7) is 6.63. The molecule has 0 aliphatic carbocycles. The van der Waals surface area contributed by atoms with E-state index in [9.17, 15) is 4.79 Å². The third-order valence-corrected chi connectivity index (χ3v) is 3.82. The molecule has 23 heavy (non-hydrogen) atoms. The van der Waals surface area contributed by atoms with E-state index in [0.717, 1.165) is 17.7 Å². The van der Waals surface area contributed by atoms with Crippen molar-refractivity contribution in [3.63, 3.8) is 0 Å². The van der Waals surface area contributed by atoms with Crippen LogP contribution in [-0.2, 0) is 11.2 Å². The number of carbonyl (C=O) groups excluding carboxylic acids is 1. The molecular weight excluding hydrogens is 286 g/mol. The summed E-state index contributed by atoms with van der Waals surface area (Å²) in [5.74, 6) is 0.726. The van der Waals surface area contributed by atoms with Crippen LogP contribution in [0.15, 0.2) is 48.5 Å². The molecule has 0 saturated heterocycles. The molecule has 122 valence electrons. The molecule has 3 heteroatoms. The first-order valence-corrected chi connectivity index (χ1v) is 8.15. The van der Waals surface area contributed by atoms with Crippen LogP contribution in [0, 0.1) is 13.8 Å². The highest BCUT2D eigenvalue weighted by Crippen LogP contribution is 2.20. The molecule has 0 fully saturated rings. The topological polar surface area (TPSA) is 38.3 Å². The van der Waals surface area contributed by atoms with Gasteiger partial charge in [0.1, 0.15) is 5.75 Å². The monoisotopic (exact) mass is 311 g/mol. The predicted octanol–water partition coefficient (Wildman–Crippen LogP) is 3.82. The second-order valence-corrected chi connectivity index (χ2v) is 5.81. The van der Waals surface area contributed by atoms with Crippen molar-refractivity contribution in [3.8, 4) is 5.75 Å². The molecule has 2 aromatic rings. The zero-order chi connectivity index (χ0) is 16.7. The Kier molecular flexibility index (Phi) is 6.21. The second kappa shape index (κ2) is 8.37. The molecule has 0 saturated carbocycles. The quantitative estimate of drug-likeness (QED) is 0.844. The maximum absolute atomic E-state index is 12.3. The Bertz CT molecular complexity index is 637. The first kappa shape index (κ1) is 17.1. The Hall–Kier alpha value is -2.29. The third-order valence-electron chi connectivity index (χ3n) is 3.82. The number of hydrogen-bond donors (Lipinski definition) is 1. The first-order chi connectivity index (χ1) is 11.1. The largest absolute Gasteiger partial charge is 0.480 e. The van der Waals surface area contributed by atoms with E-state index in [2.05, 4.69) is 23.5 Å². The van der Waals surface area contributed by atoms with Gasteiger partial charge >= 0.3 is 0 Å². The SMILES string of the molecule is CC[C@@H](Oc1ccc(C)cc1C)C(=O)NCCc1ccccc1. The molecule has 0 bridgehead atoms. The molecule has 1 atom stereocenters. The average molecular weight is 311 g/mol. The average Bonchev–Trinajstić information content (AvgIpc) is 2.55. The van der Waals surface area contributed by atoms with E-state index < -0.39 is 6.10 Å². The van der Waals surface area contributed by atoms with Gasteiger partial charge in [0.2, 0.25) is 0 Å². The molecular formula is C20H25NO2. The number of benzene rings is 2. The number of nitrogens with one attached hydrogen (secondary N) is 1. The van der Waals surface area contributed by atoms with Crippen LogP contribution < -0.4 is 10.1 Å². The molecule has 0 aliphatic heterocycles. The highest BCUT2D eigenvalue weighted by Gasteiger charge is 2.18. The van der Waals surface area contributed by atoms with Crippen LogP contribution in [0.3, 0.4) is 0 Å². The fraction of sp³-hybridized carbons (Fsp3) is 0.350. The summed E-state index contributed by atoms with van der Waals surface area (Å²) in [6.07, 6.45) is 1.02. The molecule has 0 unspecified atom stereocenters. The minimum Gasteiger partial charge on any atom is -0.480 e. The van der Waals surface area contributed by atoms with Crippen LogP contribution in [0.25, 0.3) is 0 Å². The minimum absolute atomic E-state index is 0.0524. The van der Waals surface area contributed by atoms with Crippen molar-refractivity contribution in [1.29, 1.82) is 0 Å². The van der Waals surface area contributed by atoms with Crippen molar-refractivity contribution in [3.05, 3.63) is 65.2 Å². The van der Waals surface area contributed by atoms with Gasteiger partial charge in [-0.1, -0.05) is 55.0 Å². The van der Waals surface area contributed by atoms with Crippen molar-refractivity contribution in [2.24, 2.45) is 0 Å². The fourth-order valence-electron chi connectivity index (χ4n) is 2.50. The lowest BCUT2D eigenvalue weighted by Gasteiger charge is -2.19. The molecule has 0 spiro atoms. The smallest absolute Gasteiger partial charge is 0.261 e. The molecule has 2 aromatic carbocycles. The molecule has 1 N–H and O–H groups in total. The van der Waals surface area contributed by atoms with Crippen LogP contribution in [0.5, 0.6) is 5.75 Å². The van der Waals surface area contributed by atoms with E-state index in [0.29, 0.717) is 13.0 Å². The molecule has 0 aromatic heterocycles. The normalized spacial score (nSPS) is 11.8. The van der Waals surface area contributed by atoms with Gasteiger partial charge in [0, 0.05) is 6.54 Å². The summed E-state index contributed by atoms with van der Waals surface area (Å²) >= 11 is 0. The summed E-state index contributed by atoms with van der Waals surface area (Å²) < 4.78 is 5.90. The molecule has 0 heterocycles. The van der Waals surface area contributed by atoms with Gasteiger partial charge < -0.3 is 10.1 Å². The number of ether oxygens (including phenoxy) is 1. The van der Waals surface area contributed by atoms with Crippen LogP contribution in [0.4, 0.5) is 0 Å². The molecule has 3 nitrogen and oxygen atoms in total. The highest BCUT2D eigenvalue weighted by molar-refractivity contribution is 5.81. The van der Waals surface area contributed by atoms with Gasteiger partial charge in [0.05, 0.1) is 0 Å². The number of hydrogen-bond acceptors (Lipinski definition) is 2. The van der Waals surface area contributed by atoms with E-state index in [1.807, 2.05) is 51.1 Å². The van der Waals surface area contributed by atoms with Crippen LogP contribution in [0.2, 0.25) is 0 Å². The van der Waals surface area contributed by atoms with Crippen LogP contribution in [-0.4, -0.2) is 18.6 Å². The van der Waals surface area contributed by atoms with Gasteiger partial charge in [-0.3, -0.25) is 4.79 Å². The van der Waals surface area contributed by atoms with Crippen molar-refractivity contribution < 1.29 is 9.53 Å². The lowest BCUT2D eigenvalue weighted by atomic mass is 10.1. The Balaban J connectivity index is 1.88. The van der Waals surface area contributed by atoms with Gasteiger partial charge in [-0.25, -0.2) is 0 Å². The third kappa shape index (κ3) is 5.13. The summed E-state index contributed by atoms with van der Waals surface area (Å²) in [7, 11) is 0. The van der Waals surface area contributed by atoms with Crippen molar-refractivity contribution >= 4 is 5.91 Å². The zero-order valence-electron chi connectivity index (χ0n) is 14.1. The Morgan fingerprint density at radius 1 is 1.13 bits per heavy atom. The Morgan fingerprint density at radius 3 is 2.52 bits per heavy atom. The number of amides is 1. The lowest BCUT2D eigenvalue weighted by molar-refractivity contribution is -0.128. The number of carbonyl (C=O) groups is 1. The summed E-state index contributed by atoms with van der Waals surface area (Å²) in [5.41, 5.74) is 3.46. The molecule has 0 radical (unpaired) electrons. The van der Waals surface area contributed by atoms with Gasteiger partial charge in [0.15, 0.2) is 6.10 Å². The maximum atomic E-state index is 12.3. The van der Waals surface area contributed by atoms with Crippen LogP contribution >= 0.6 is 0 Å². The fourth-order valence-corrected chi connectivity index (χ4v) is 2.50. The lowest BCUT2D eigenvalue weighted by Crippen LogP contribution is -2.39. The number of aryl methyl sites for hydroxylation is 2.